The number of aromatic nitrogens is 8. The van der Waals surface area contributed by atoms with Crippen molar-refractivity contribution >= 4 is 28.0 Å². The first-order valence-corrected chi connectivity index (χ1v) is 14.6. The van der Waals surface area contributed by atoms with Crippen molar-refractivity contribution in [3.8, 4) is 28.8 Å². The maximum atomic E-state index is 13.7. The number of fused-ring (bicyclic) bond motifs is 2. The molecule has 4 atom stereocenters. The molecule has 3 unspecified atom stereocenters. The molecule has 4 fully saturated rings. The summed E-state index contributed by atoms with van der Waals surface area (Å²) in [6.07, 6.45) is 4.88. The molecule has 41 heavy (non-hydrogen) atoms. The van der Waals surface area contributed by atoms with Crippen molar-refractivity contribution in [2.45, 2.75) is 38.3 Å². The third kappa shape index (κ3) is 3.25. The van der Waals surface area contributed by atoms with E-state index in [1.165, 1.54) is 19.3 Å². The smallest absolute Gasteiger partial charge is 0.254 e. The second kappa shape index (κ2) is 8.14. The van der Waals surface area contributed by atoms with Gasteiger partial charge in [0.1, 0.15) is 22.6 Å². The predicted molar refractivity (Wildman–Crippen MR) is 151 cm³/mol. The second-order valence-electron chi connectivity index (χ2n) is 12.5. The van der Waals surface area contributed by atoms with Crippen LogP contribution in [0.15, 0.2) is 30.3 Å². The highest BCUT2D eigenvalue weighted by Crippen LogP contribution is 2.60. The fourth-order valence-corrected chi connectivity index (χ4v) is 7.81. The fraction of sp³-hybridized carbons (Fsp3) is 0.467. The molecule has 1 aliphatic heterocycles. The number of aryl methyl sites for hydroxylation is 2. The molecule has 3 saturated carbocycles. The van der Waals surface area contributed by atoms with Gasteiger partial charge in [0.15, 0.2) is 11.6 Å². The lowest BCUT2D eigenvalue weighted by atomic mass is 9.53. The first kappa shape index (κ1) is 23.4. The van der Waals surface area contributed by atoms with Gasteiger partial charge in [-0.1, -0.05) is 0 Å². The molecule has 3 aliphatic carbocycles. The van der Waals surface area contributed by atoms with Gasteiger partial charge in [-0.15, -0.1) is 5.10 Å². The third-order valence-corrected chi connectivity index (χ3v) is 10.1. The van der Waals surface area contributed by atoms with E-state index in [4.69, 9.17) is 14.7 Å². The molecular weight excluding hydrogens is 518 g/mol. The Labute approximate surface area is 236 Å². The number of ether oxygens (including phenoxy) is 1. The summed E-state index contributed by atoms with van der Waals surface area (Å²) in [4.78, 5) is 26.0. The van der Waals surface area contributed by atoms with E-state index in [0.717, 1.165) is 70.6 Å². The van der Waals surface area contributed by atoms with Crippen molar-refractivity contribution in [2.75, 3.05) is 13.7 Å². The minimum Gasteiger partial charge on any atom is -0.494 e. The van der Waals surface area contributed by atoms with Crippen molar-refractivity contribution in [2.24, 2.45) is 37.8 Å². The minimum atomic E-state index is 0.105. The maximum absolute atomic E-state index is 13.7. The Balaban J connectivity index is 1.16. The molecule has 4 aliphatic rings. The number of hydrogen-bond acceptors (Lipinski definition) is 7. The minimum absolute atomic E-state index is 0.105. The van der Waals surface area contributed by atoms with Gasteiger partial charge in [0.05, 0.1) is 18.3 Å². The summed E-state index contributed by atoms with van der Waals surface area (Å²) in [5.74, 6) is 5.13. The number of hydrogen-bond donors (Lipinski definition) is 0. The van der Waals surface area contributed by atoms with E-state index in [1.54, 1.807) is 11.8 Å². The zero-order chi connectivity index (χ0) is 27.6. The SMILES string of the molecule is COc1cc(C(=O)N2CC3CC4CC2[C@H]43)cc2nc(-c3cc4ccc(-c5nnnn5C)nc4n3CC3CC3)n(C)c12. The number of methoxy groups -OCH3 is 1. The normalized spacial score (nSPS) is 24.5. The molecule has 1 aromatic carbocycles. The van der Waals surface area contributed by atoms with Crippen LogP contribution >= 0.6 is 0 Å². The molecule has 9 rings (SSSR count). The number of imidazole rings is 1. The number of amides is 1. The van der Waals surface area contributed by atoms with Crippen LogP contribution in [0.3, 0.4) is 0 Å². The summed E-state index contributed by atoms with van der Waals surface area (Å²) >= 11 is 0. The highest BCUT2D eigenvalue weighted by atomic mass is 16.5. The van der Waals surface area contributed by atoms with E-state index in [-0.39, 0.29) is 5.91 Å². The van der Waals surface area contributed by atoms with Crippen molar-refractivity contribution in [1.82, 2.24) is 44.2 Å². The zero-order valence-corrected chi connectivity index (χ0v) is 23.4. The molecule has 1 amide bonds. The Kier molecular flexibility index (Phi) is 4.65. The van der Waals surface area contributed by atoms with Gasteiger partial charge in [-0.25, -0.2) is 14.6 Å². The lowest BCUT2D eigenvalue weighted by molar-refractivity contribution is -0.0204. The first-order chi connectivity index (χ1) is 20.0. The van der Waals surface area contributed by atoms with Gasteiger partial charge in [-0.05, 0) is 90.1 Å². The zero-order valence-electron chi connectivity index (χ0n) is 23.4. The number of tetrazole rings is 1. The van der Waals surface area contributed by atoms with E-state index < -0.39 is 0 Å². The van der Waals surface area contributed by atoms with Crippen molar-refractivity contribution in [3.63, 3.8) is 0 Å². The first-order valence-electron chi connectivity index (χ1n) is 14.6. The van der Waals surface area contributed by atoms with Crippen LogP contribution in [-0.4, -0.2) is 69.8 Å². The monoisotopic (exact) mass is 549 g/mol. The van der Waals surface area contributed by atoms with Crippen LogP contribution in [0.25, 0.3) is 45.1 Å². The van der Waals surface area contributed by atoms with Crippen LogP contribution in [0.2, 0.25) is 0 Å². The molecule has 0 bridgehead atoms. The summed E-state index contributed by atoms with van der Waals surface area (Å²) in [5, 5.41) is 13.0. The van der Waals surface area contributed by atoms with Gasteiger partial charge in [0.25, 0.3) is 5.91 Å². The van der Waals surface area contributed by atoms with Gasteiger partial charge in [0, 0.05) is 44.2 Å². The molecule has 0 N–H and O–H groups in total. The number of benzene rings is 1. The van der Waals surface area contributed by atoms with E-state index in [0.29, 0.717) is 35.0 Å². The topological polar surface area (TPSA) is 109 Å². The number of nitrogens with zero attached hydrogens (tertiary/aromatic N) is 9. The molecule has 5 aromatic rings. The Morgan fingerprint density at radius 1 is 1.05 bits per heavy atom. The summed E-state index contributed by atoms with van der Waals surface area (Å²) < 4.78 is 11.9. The van der Waals surface area contributed by atoms with Crippen molar-refractivity contribution in [1.29, 1.82) is 0 Å². The van der Waals surface area contributed by atoms with Crippen molar-refractivity contribution < 1.29 is 9.53 Å². The number of carbonyl (C=O) groups is 1. The number of rotatable bonds is 6. The number of carbonyl (C=O) groups excluding carboxylic acids is 1. The molecule has 1 saturated heterocycles. The van der Waals surface area contributed by atoms with E-state index >= 15 is 0 Å². The Hall–Kier alpha value is -4.28. The van der Waals surface area contributed by atoms with E-state index in [1.807, 2.05) is 32.3 Å². The van der Waals surface area contributed by atoms with E-state index in [9.17, 15) is 4.79 Å². The van der Waals surface area contributed by atoms with Gasteiger partial charge >= 0.3 is 0 Å². The van der Waals surface area contributed by atoms with E-state index in [2.05, 4.69) is 41.7 Å². The number of likely N-dealkylation sites (tertiary alicyclic amines) is 1. The quantitative estimate of drug-likeness (QED) is 0.318. The molecule has 0 spiro atoms. The maximum Gasteiger partial charge on any atom is 0.254 e. The molecule has 0 radical (unpaired) electrons. The Bertz CT molecular complexity index is 1900. The molecule has 11 nitrogen and oxygen atoms in total. The molecule has 208 valence electrons. The molecular formula is C30H31N9O2. The van der Waals surface area contributed by atoms with Crippen LogP contribution in [0, 0.1) is 23.7 Å². The van der Waals surface area contributed by atoms with Crippen LogP contribution < -0.4 is 4.74 Å². The fourth-order valence-electron chi connectivity index (χ4n) is 7.81. The average Bonchev–Trinajstić information content (AvgIpc) is 3.44. The lowest BCUT2D eigenvalue weighted by Gasteiger charge is -2.52. The summed E-state index contributed by atoms with van der Waals surface area (Å²) in [7, 11) is 5.50. The number of pyridine rings is 1. The van der Waals surface area contributed by atoms with Gasteiger partial charge < -0.3 is 18.8 Å². The summed E-state index contributed by atoms with van der Waals surface area (Å²) in [6.45, 7) is 1.76. The molecule has 4 aromatic heterocycles. The van der Waals surface area contributed by atoms with Gasteiger partial charge in [0.2, 0.25) is 0 Å². The standard InChI is InChI=1S/C30H31N9O2/c1-36-26-21(9-18(12-24(26)41-3)30(40)39-14-19-8-17-11-22(39)25(17)19)32-29(36)23-10-16-6-7-20(28-33-34-35-37(28)2)31-27(16)38(23)13-15-4-5-15/h6-7,9-10,12,15,17,19,22,25H,4-5,8,11,13-14H2,1-3H3/t17?,19?,22?,25-/m1/s1. The Morgan fingerprint density at radius 3 is 2.66 bits per heavy atom. The highest BCUT2D eigenvalue weighted by molar-refractivity contribution is 6.00. The van der Waals surface area contributed by atoms with Gasteiger partial charge in [-0.2, -0.15) is 0 Å². The summed E-state index contributed by atoms with van der Waals surface area (Å²) in [5.41, 5.74) is 4.93. The third-order valence-electron chi connectivity index (χ3n) is 10.1. The largest absolute Gasteiger partial charge is 0.494 e. The van der Waals surface area contributed by atoms with Crippen molar-refractivity contribution in [3.05, 3.63) is 35.9 Å². The van der Waals surface area contributed by atoms with Gasteiger partial charge in [-0.3, -0.25) is 4.79 Å². The molecule has 5 heterocycles. The van der Waals surface area contributed by atoms with Crippen LogP contribution in [0.4, 0.5) is 0 Å². The Morgan fingerprint density at radius 2 is 1.93 bits per heavy atom. The van der Waals surface area contributed by atoms with Crippen LogP contribution in [0.1, 0.15) is 36.0 Å². The second-order valence-corrected chi connectivity index (χ2v) is 12.5. The lowest BCUT2D eigenvalue weighted by Crippen LogP contribution is -2.53. The predicted octanol–water partition coefficient (Wildman–Crippen LogP) is 3.68. The van der Waals surface area contributed by atoms with Crippen LogP contribution in [0.5, 0.6) is 5.75 Å². The highest BCUT2D eigenvalue weighted by Gasteiger charge is 2.61. The average molecular weight is 550 g/mol. The summed E-state index contributed by atoms with van der Waals surface area (Å²) in [6, 6.07) is 10.5. The molecule has 11 heteroatoms. The van der Waals surface area contributed by atoms with Crippen LogP contribution in [-0.2, 0) is 20.6 Å².